The molecule has 2 heterocycles. The van der Waals surface area contributed by atoms with Crippen molar-refractivity contribution in [3.05, 3.63) is 0 Å². The number of rotatable bonds is 4. The van der Waals surface area contributed by atoms with Crippen LogP contribution in [0.1, 0.15) is 105 Å². The molecule has 7 nitrogen and oxygen atoms in total. The quantitative estimate of drug-likeness (QED) is 0.413. The van der Waals surface area contributed by atoms with Crippen molar-refractivity contribution in [2.24, 2.45) is 50.7 Å². The van der Waals surface area contributed by atoms with Crippen LogP contribution in [-0.2, 0) is 19.0 Å². The Morgan fingerprint density at radius 2 is 1.66 bits per heavy atom. The van der Waals surface area contributed by atoms with E-state index in [4.69, 9.17) is 14.2 Å². The number of fused-ring (bicyclic) bond motifs is 4. The van der Waals surface area contributed by atoms with E-state index in [1.54, 1.807) is 0 Å². The number of carbonyl (C=O) groups is 2. The molecule has 5 aliphatic carbocycles. The second kappa shape index (κ2) is 9.33. The van der Waals surface area contributed by atoms with E-state index < -0.39 is 5.97 Å². The number of hydrogen-bond donors (Lipinski definition) is 1. The van der Waals surface area contributed by atoms with Crippen LogP contribution in [0.5, 0.6) is 0 Å². The SMILES string of the molecule is C[C@@H]1CC(CCC(=O)O)OC2C[C@@]3(C)[C@@H]4CCC5C(C)(C)[C@@H](OC(=O)N6CCOCC6)CC[C@@]56C[C@@]46CC[C@]3(C)C21. The number of morpholine rings is 1. The fraction of sp³-hybridized carbons (Fsp3) is 0.941. The molecule has 7 heteroatoms. The molecular formula is C34H53NO6. The molecule has 1 amide bonds. The van der Waals surface area contributed by atoms with Crippen LogP contribution >= 0.6 is 0 Å². The lowest BCUT2D eigenvalue weighted by atomic mass is 9.41. The van der Waals surface area contributed by atoms with Gasteiger partial charge in [0.2, 0.25) is 0 Å². The Labute approximate surface area is 246 Å². The topological polar surface area (TPSA) is 85.3 Å². The van der Waals surface area contributed by atoms with Gasteiger partial charge >= 0.3 is 12.1 Å². The first-order valence-corrected chi connectivity index (χ1v) is 16.8. The molecule has 2 aliphatic heterocycles. The summed E-state index contributed by atoms with van der Waals surface area (Å²) in [5, 5.41) is 9.27. The van der Waals surface area contributed by atoms with Crippen LogP contribution < -0.4 is 0 Å². The van der Waals surface area contributed by atoms with Crippen LogP contribution in [0, 0.1) is 50.7 Å². The number of carboxylic acid groups (broad SMARTS) is 1. The Bertz CT molecular complexity index is 1090. The molecule has 0 aromatic carbocycles. The van der Waals surface area contributed by atoms with Crippen molar-refractivity contribution in [3.8, 4) is 0 Å². The lowest BCUT2D eigenvalue weighted by Gasteiger charge is -2.63. The molecule has 0 aromatic rings. The number of ether oxygens (including phenoxy) is 3. The fourth-order valence-electron chi connectivity index (χ4n) is 13.0. The molecule has 0 radical (unpaired) electrons. The van der Waals surface area contributed by atoms with Gasteiger partial charge in [0.15, 0.2) is 0 Å². The third-order valence-corrected chi connectivity index (χ3v) is 14.9. The first-order valence-electron chi connectivity index (χ1n) is 16.8. The van der Waals surface area contributed by atoms with Gasteiger partial charge in [0.1, 0.15) is 6.10 Å². The largest absolute Gasteiger partial charge is 0.481 e. The predicted molar refractivity (Wildman–Crippen MR) is 154 cm³/mol. The number of hydrogen-bond acceptors (Lipinski definition) is 5. The zero-order valence-electron chi connectivity index (χ0n) is 26.1. The molecule has 7 aliphatic rings. The summed E-state index contributed by atoms with van der Waals surface area (Å²) < 4.78 is 18.5. The summed E-state index contributed by atoms with van der Waals surface area (Å²) >= 11 is 0. The van der Waals surface area contributed by atoms with Crippen molar-refractivity contribution in [1.82, 2.24) is 4.90 Å². The number of amides is 1. The number of carboxylic acids is 1. The predicted octanol–water partition coefficient (Wildman–Crippen LogP) is 6.53. The highest BCUT2D eigenvalue weighted by Crippen LogP contribution is 2.89. The van der Waals surface area contributed by atoms with Crippen LogP contribution in [0.4, 0.5) is 4.79 Å². The van der Waals surface area contributed by atoms with Gasteiger partial charge in [-0.15, -0.1) is 0 Å². The standard InChI is InChI=1S/C34H53NO6/c1-21-18-22(6-9-27(36)37)40-23-19-32(5)25-8-7-24-30(2,3)26(41-29(38)35-14-16-39-17-15-35)10-11-33(24)20-34(25,33)13-12-31(32,4)28(21)23/h21-26,28H,6-20H2,1-5H3,(H,36,37)/t21-,22?,23?,24?,25+,26+,28?,31-,32+,33-,34+/m1/s1. The highest BCUT2D eigenvalue weighted by atomic mass is 16.6. The summed E-state index contributed by atoms with van der Waals surface area (Å²) in [6.07, 6.45) is 11.9. The van der Waals surface area contributed by atoms with Gasteiger partial charge in [-0.3, -0.25) is 4.79 Å². The van der Waals surface area contributed by atoms with Crippen LogP contribution in [0.2, 0.25) is 0 Å². The maximum atomic E-state index is 13.1. The van der Waals surface area contributed by atoms with E-state index >= 15 is 0 Å². The van der Waals surface area contributed by atoms with Crippen molar-refractivity contribution >= 4 is 12.1 Å². The molecular weight excluding hydrogens is 518 g/mol. The molecule has 11 atom stereocenters. The minimum atomic E-state index is -0.714. The van der Waals surface area contributed by atoms with Gasteiger partial charge in [-0.2, -0.15) is 0 Å². The van der Waals surface area contributed by atoms with Crippen LogP contribution in [0.15, 0.2) is 0 Å². The van der Waals surface area contributed by atoms with Gasteiger partial charge in [-0.1, -0.05) is 34.6 Å². The average molecular weight is 572 g/mol. The first kappa shape index (κ1) is 28.4. The molecule has 4 unspecified atom stereocenters. The van der Waals surface area contributed by atoms with Crippen molar-refractivity contribution in [3.63, 3.8) is 0 Å². The van der Waals surface area contributed by atoms with E-state index in [-0.39, 0.29) is 47.1 Å². The number of nitrogens with zero attached hydrogens (tertiary/aromatic N) is 1. The Balaban J connectivity index is 1.11. The van der Waals surface area contributed by atoms with E-state index in [0.717, 1.165) is 25.2 Å². The summed E-state index contributed by atoms with van der Waals surface area (Å²) in [5.74, 6) is 1.77. The average Bonchev–Trinajstić information content (AvgIpc) is 3.52. The van der Waals surface area contributed by atoms with E-state index in [2.05, 4.69) is 34.6 Å². The zero-order chi connectivity index (χ0) is 29.0. The van der Waals surface area contributed by atoms with E-state index in [9.17, 15) is 14.7 Å². The molecule has 2 saturated heterocycles. The van der Waals surface area contributed by atoms with Crippen LogP contribution in [0.3, 0.4) is 0 Å². The van der Waals surface area contributed by atoms with Crippen molar-refractivity contribution in [2.75, 3.05) is 26.3 Å². The van der Waals surface area contributed by atoms with E-state index in [1.807, 2.05) is 4.90 Å². The highest BCUT2D eigenvalue weighted by molar-refractivity contribution is 5.68. The van der Waals surface area contributed by atoms with Crippen LogP contribution in [0.25, 0.3) is 0 Å². The lowest BCUT2D eigenvalue weighted by Crippen LogP contribution is -2.58. The molecule has 0 aromatic heterocycles. The Hall–Kier alpha value is -1.34. The van der Waals surface area contributed by atoms with Gasteiger partial charge in [-0.05, 0) is 110 Å². The Morgan fingerprint density at radius 1 is 0.951 bits per heavy atom. The maximum absolute atomic E-state index is 13.1. The Morgan fingerprint density at radius 3 is 2.39 bits per heavy atom. The summed E-state index contributed by atoms with van der Waals surface area (Å²) in [5.41, 5.74) is 1.35. The maximum Gasteiger partial charge on any atom is 0.410 e. The molecule has 41 heavy (non-hydrogen) atoms. The molecule has 230 valence electrons. The lowest BCUT2D eigenvalue weighted by molar-refractivity contribution is -0.168. The van der Waals surface area contributed by atoms with Gasteiger partial charge in [0, 0.05) is 24.9 Å². The summed E-state index contributed by atoms with van der Waals surface area (Å²) in [4.78, 5) is 26.2. The highest BCUT2D eigenvalue weighted by Gasteiger charge is 2.83. The second-order valence-corrected chi connectivity index (χ2v) is 16.5. The third-order valence-electron chi connectivity index (χ3n) is 14.9. The van der Waals surface area contributed by atoms with Crippen LogP contribution in [-0.4, -0.2) is 66.7 Å². The monoisotopic (exact) mass is 571 g/mol. The van der Waals surface area contributed by atoms with Crippen molar-refractivity contribution in [1.29, 1.82) is 0 Å². The fourth-order valence-corrected chi connectivity index (χ4v) is 13.0. The van der Waals surface area contributed by atoms with Gasteiger partial charge in [0.05, 0.1) is 25.4 Å². The summed E-state index contributed by atoms with van der Waals surface area (Å²) in [6, 6.07) is 0. The van der Waals surface area contributed by atoms with Gasteiger partial charge in [0.25, 0.3) is 0 Å². The summed E-state index contributed by atoms with van der Waals surface area (Å²) in [7, 11) is 0. The van der Waals surface area contributed by atoms with E-state index in [0.29, 0.717) is 61.3 Å². The molecule has 0 bridgehead atoms. The van der Waals surface area contributed by atoms with Crippen molar-refractivity contribution in [2.45, 2.75) is 124 Å². The van der Waals surface area contributed by atoms with Gasteiger partial charge in [-0.25, -0.2) is 4.79 Å². The number of carbonyl (C=O) groups excluding carboxylic acids is 1. The zero-order valence-corrected chi connectivity index (χ0v) is 26.1. The number of aliphatic carboxylic acids is 1. The normalized spacial score (nSPS) is 51.3. The molecule has 7 fully saturated rings. The minimum absolute atomic E-state index is 0.0153. The van der Waals surface area contributed by atoms with Gasteiger partial charge < -0.3 is 24.2 Å². The Kier molecular flexibility index (Phi) is 6.47. The molecule has 1 N–H and O–H groups in total. The third kappa shape index (κ3) is 3.82. The first-order chi connectivity index (χ1) is 19.4. The molecule has 7 rings (SSSR count). The molecule has 2 spiro atoms. The summed E-state index contributed by atoms with van der Waals surface area (Å²) in [6.45, 7) is 14.9. The second-order valence-electron chi connectivity index (χ2n) is 16.5. The molecule has 5 saturated carbocycles. The van der Waals surface area contributed by atoms with E-state index in [1.165, 1.54) is 38.5 Å². The van der Waals surface area contributed by atoms with Crippen molar-refractivity contribution < 1.29 is 28.9 Å². The smallest absolute Gasteiger partial charge is 0.410 e. The minimum Gasteiger partial charge on any atom is -0.481 e.